The Morgan fingerprint density at radius 3 is 1.14 bits per heavy atom. The Labute approximate surface area is 334 Å². The number of benzene rings is 9. The summed E-state index contributed by atoms with van der Waals surface area (Å²) in [5.41, 5.74) is 19.2. The van der Waals surface area contributed by atoms with E-state index in [0.717, 1.165) is 28.4 Å². The van der Waals surface area contributed by atoms with E-state index in [1.165, 1.54) is 61.3 Å². The third-order valence-corrected chi connectivity index (χ3v) is 11.9. The third kappa shape index (κ3) is 5.04. The van der Waals surface area contributed by atoms with Crippen LogP contribution in [-0.4, -0.2) is 0 Å². The normalized spacial score (nSPS) is 14.4. The van der Waals surface area contributed by atoms with Crippen molar-refractivity contribution in [3.05, 3.63) is 253 Å². The zero-order valence-corrected chi connectivity index (χ0v) is 31.3. The number of hydrogen-bond acceptors (Lipinski definition) is 2. The molecule has 0 saturated carbocycles. The van der Waals surface area contributed by atoms with Crippen LogP contribution in [0.5, 0.6) is 0 Å². The van der Waals surface area contributed by atoms with Gasteiger partial charge in [-0.1, -0.05) is 164 Å². The Balaban J connectivity index is 1.12. The molecule has 0 aromatic heterocycles. The first kappa shape index (κ1) is 33.0. The molecule has 2 aliphatic carbocycles. The number of nitrogens with zero attached hydrogens (tertiary/aromatic N) is 2. The van der Waals surface area contributed by atoms with Gasteiger partial charge < -0.3 is 9.80 Å². The minimum Gasteiger partial charge on any atom is -0.311 e. The highest BCUT2D eigenvalue weighted by atomic mass is 15.1. The molecule has 0 bridgehead atoms. The van der Waals surface area contributed by atoms with Gasteiger partial charge in [0.25, 0.3) is 0 Å². The summed E-state index contributed by atoms with van der Waals surface area (Å²) in [4.78, 5) is 4.74. The highest BCUT2D eigenvalue weighted by Gasteiger charge is 2.53. The fraction of sp³-hybridized carbons (Fsp3) is 0.0182. The van der Waals surface area contributed by atoms with Gasteiger partial charge in [0.05, 0.1) is 11.1 Å². The maximum Gasteiger partial charge on any atom is 0.0726 e. The van der Waals surface area contributed by atoms with Gasteiger partial charge in [-0.15, -0.1) is 0 Å². The first-order valence-electron chi connectivity index (χ1n) is 19.7. The lowest BCUT2D eigenvalue weighted by Crippen LogP contribution is -2.26. The van der Waals surface area contributed by atoms with E-state index in [0.29, 0.717) is 0 Å². The van der Waals surface area contributed by atoms with Crippen molar-refractivity contribution >= 4 is 34.1 Å². The van der Waals surface area contributed by atoms with Crippen LogP contribution >= 0.6 is 0 Å². The minimum atomic E-state index is -0.486. The maximum atomic E-state index is 2.42. The molecule has 1 atom stereocenters. The van der Waals surface area contributed by atoms with Crippen molar-refractivity contribution in [1.29, 1.82) is 0 Å². The Bertz CT molecular complexity index is 2810. The van der Waals surface area contributed by atoms with Gasteiger partial charge in [0.1, 0.15) is 0 Å². The topological polar surface area (TPSA) is 6.48 Å². The zero-order valence-electron chi connectivity index (χ0n) is 31.3. The second kappa shape index (κ2) is 13.4. The molecular weight excluding hydrogens is 689 g/mol. The van der Waals surface area contributed by atoms with Gasteiger partial charge >= 0.3 is 0 Å². The van der Waals surface area contributed by atoms with E-state index in [9.17, 15) is 0 Å². The molecule has 1 unspecified atom stereocenters. The predicted molar refractivity (Wildman–Crippen MR) is 238 cm³/mol. The average molecular weight is 727 g/mol. The van der Waals surface area contributed by atoms with Gasteiger partial charge in [-0.25, -0.2) is 0 Å². The van der Waals surface area contributed by atoms with Gasteiger partial charge in [0.2, 0.25) is 0 Å². The molecule has 2 aliphatic rings. The van der Waals surface area contributed by atoms with E-state index in [4.69, 9.17) is 0 Å². The van der Waals surface area contributed by atoms with Gasteiger partial charge in [-0.05, 0) is 117 Å². The van der Waals surface area contributed by atoms with Crippen LogP contribution in [0.15, 0.2) is 231 Å². The Kier molecular flexibility index (Phi) is 7.75. The van der Waals surface area contributed by atoms with E-state index in [1.54, 1.807) is 0 Å². The van der Waals surface area contributed by atoms with Crippen LogP contribution < -0.4 is 9.80 Å². The maximum absolute atomic E-state index is 2.42. The van der Waals surface area contributed by atoms with Crippen molar-refractivity contribution in [2.24, 2.45) is 0 Å². The average Bonchev–Trinajstić information content (AvgIpc) is 3.76. The van der Waals surface area contributed by atoms with Crippen LogP contribution in [0.1, 0.15) is 22.3 Å². The molecule has 0 fully saturated rings. The number of fused-ring (bicyclic) bond motifs is 10. The molecular formula is C55H38N2. The monoisotopic (exact) mass is 726 g/mol. The van der Waals surface area contributed by atoms with Gasteiger partial charge in [-0.3, -0.25) is 0 Å². The molecule has 0 N–H and O–H groups in total. The van der Waals surface area contributed by atoms with E-state index >= 15 is 0 Å². The number of para-hydroxylation sites is 4. The van der Waals surface area contributed by atoms with E-state index in [-0.39, 0.29) is 0 Å². The molecule has 9 aromatic carbocycles. The van der Waals surface area contributed by atoms with Crippen LogP contribution in [-0.2, 0) is 5.41 Å². The summed E-state index contributed by atoms with van der Waals surface area (Å²) >= 11 is 0. The molecule has 2 nitrogen and oxygen atoms in total. The standard InChI is InChI=1S/C55H38N2/c1-5-19-40(20-6-1)56(41-21-7-2-8-22-41)44-37-35-39(36-38-44)45-29-17-32-50-53(45)46-27-13-15-30-48(46)55(50)49-31-16-14-28-47(49)54-51(55)33-18-34-52(54)57(42-23-9-3-10-24-42)43-25-11-4-12-26-43/h1-38H. The summed E-state index contributed by atoms with van der Waals surface area (Å²) in [5, 5.41) is 0. The quantitative estimate of drug-likeness (QED) is 0.161. The third-order valence-electron chi connectivity index (χ3n) is 11.9. The summed E-state index contributed by atoms with van der Waals surface area (Å²) in [6.45, 7) is 0. The van der Waals surface area contributed by atoms with Crippen molar-refractivity contribution in [3.63, 3.8) is 0 Å². The molecule has 268 valence electrons. The summed E-state index contributed by atoms with van der Waals surface area (Å²) in [7, 11) is 0. The largest absolute Gasteiger partial charge is 0.311 e. The highest BCUT2D eigenvalue weighted by Crippen LogP contribution is 2.65. The molecule has 11 rings (SSSR count). The molecule has 0 radical (unpaired) electrons. The molecule has 9 aromatic rings. The Morgan fingerprint density at radius 2 is 0.614 bits per heavy atom. The predicted octanol–water partition coefficient (Wildman–Crippen LogP) is 14.6. The second-order valence-electron chi connectivity index (χ2n) is 14.8. The summed E-state index contributed by atoms with van der Waals surface area (Å²) in [5.74, 6) is 0. The summed E-state index contributed by atoms with van der Waals surface area (Å²) < 4.78 is 0. The van der Waals surface area contributed by atoms with E-state index in [2.05, 4.69) is 240 Å². The van der Waals surface area contributed by atoms with Crippen molar-refractivity contribution < 1.29 is 0 Å². The highest BCUT2D eigenvalue weighted by molar-refractivity contribution is 6.03. The Morgan fingerprint density at radius 1 is 0.246 bits per heavy atom. The van der Waals surface area contributed by atoms with Crippen molar-refractivity contribution in [2.75, 3.05) is 9.80 Å². The smallest absolute Gasteiger partial charge is 0.0726 e. The molecule has 57 heavy (non-hydrogen) atoms. The molecule has 0 saturated heterocycles. The van der Waals surface area contributed by atoms with E-state index in [1.807, 2.05) is 0 Å². The summed E-state index contributed by atoms with van der Waals surface area (Å²) in [6.07, 6.45) is 0. The van der Waals surface area contributed by atoms with Gasteiger partial charge in [-0.2, -0.15) is 0 Å². The fourth-order valence-corrected chi connectivity index (χ4v) is 9.62. The zero-order chi connectivity index (χ0) is 37.8. The lowest BCUT2D eigenvalue weighted by atomic mass is 9.70. The minimum absolute atomic E-state index is 0.486. The van der Waals surface area contributed by atoms with Crippen LogP contribution in [0.3, 0.4) is 0 Å². The number of anilines is 6. The summed E-state index contributed by atoms with van der Waals surface area (Å²) in [6, 6.07) is 84.0. The van der Waals surface area contributed by atoms with Crippen LogP contribution in [0, 0.1) is 0 Å². The SMILES string of the molecule is c1ccc(N(c2ccccc2)c2ccc(-c3cccc4c3-c3ccccc3C43c4ccccc4-c4c(N(c5ccccc5)c5ccccc5)cccc43)cc2)cc1. The fourth-order valence-electron chi connectivity index (χ4n) is 9.62. The molecule has 0 aliphatic heterocycles. The molecule has 2 heteroatoms. The molecule has 0 amide bonds. The van der Waals surface area contributed by atoms with Crippen LogP contribution in [0.25, 0.3) is 33.4 Å². The van der Waals surface area contributed by atoms with Crippen molar-refractivity contribution in [3.8, 4) is 33.4 Å². The van der Waals surface area contributed by atoms with Crippen LogP contribution in [0.4, 0.5) is 34.1 Å². The first-order valence-corrected chi connectivity index (χ1v) is 19.7. The number of rotatable bonds is 7. The van der Waals surface area contributed by atoms with Crippen molar-refractivity contribution in [1.82, 2.24) is 0 Å². The van der Waals surface area contributed by atoms with Crippen LogP contribution in [0.2, 0.25) is 0 Å². The van der Waals surface area contributed by atoms with E-state index < -0.39 is 5.41 Å². The van der Waals surface area contributed by atoms with Crippen molar-refractivity contribution in [2.45, 2.75) is 5.41 Å². The second-order valence-corrected chi connectivity index (χ2v) is 14.8. The lowest BCUT2D eigenvalue weighted by molar-refractivity contribution is 0.794. The van der Waals surface area contributed by atoms with Gasteiger partial charge in [0.15, 0.2) is 0 Å². The van der Waals surface area contributed by atoms with Gasteiger partial charge in [0, 0.05) is 34.0 Å². The molecule has 1 spiro atoms. The number of hydrogen-bond donors (Lipinski definition) is 0. The molecule has 0 heterocycles. The first-order chi connectivity index (χ1) is 28.3. The Hall–Kier alpha value is -7.42. The lowest BCUT2D eigenvalue weighted by Gasteiger charge is -2.32.